The Hall–Kier alpha value is -1.92. The maximum atomic E-state index is 12.1. The Kier molecular flexibility index (Phi) is 6.72. The van der Waals surface area contributed by atoms with Crippen molar-refractivity contribution in [3.05, 3.63) is 35.9 Å². The molecule has 6 nitrogen and oxygen atoms in total. The van der Waals surface area contributed by atoms with Gasteiger partial charge in [0.1, 0.15) is 6.04 Å². The lowest BCUT2D eigenvalue weighted by atomic mass is 10.0. The molecule has 7 heteroatoms. The molecular formula is C16H22ClN3O3. The molecule has 1 fully saturated rings. The van der Waals surface area contributed by atoms with Gasteiger partial charge in [0.2, 0.25) is 11.8 Å². The summed E-state index contributed by atoms with van der Waals surface area (Å²) in [4.78, 5) is 37.1. The average molecular weight is 340 g/mol. The highest BCUT2D eigenvalue weighted by molar-refractivity contribution is 6.07. The third kappa shape index (κ3) is 4.53. The smallest absolute Gasteiger partial charge is 0.252 e. The number of hydrogen-bond donors (Lipinski definition) is 2. The Balaban J connectivity index is 0.00000264. The van der Waals surface area contributed by atoms with Crippen molar-refractivity contribution in [1.82, 2.24) is 10.2 Å². The van der Waals surface area contributed by atoms with E-state index in [0.29, 0.717) is 0 Å². The predicted octanol–water partition coefficient (Wildman–Crippen LogP) is 1.15. The number of amides is 3. The molecule has 0 spiro atoms. The van der Waals surface area contributed by atoms with Gasteiger partial charge in [-0.1, -0.05) is 30.3 Å². The number of nitrogens with one attached hydrogen (secondary N) is 1. The highest BCUT2D eigenvalue weighted by Gasteiger charge is 2.40. The van der Waals surface area contributed by atoms with E-state index in [9.17, 15) is 14.4 Å². The lowest BCUT2D eigenvalue weighted by molar-refractivity contribution is -0.141. The minimum Gasteiger partial charge on any atom is -0.344 e. The van der Waals surface area contributed by atoms with Gasteiger partial charge >= 0.3 is 0 Å². The topological polar surface area (TPSA) is 92.5 Å². The van der Waals surface area contributed by atoms with Crippen LogP contribution in [0.1, 0.15) is 38.3 Å². The zero-order valence-electron chi connectivity index (χ0n) is 13.2. The van der Waals surface area contributed by atoms with Crippen molar-refractivity contribution >= 4 is 30.1 Å². The monoisotopic (exact) mass is 339 g/mol. The Morgan fingerprint density at radius 2 is 1.91 bits per heavy atom. The number of carbonyl (C=O) groups excluding carboxylic acids is 3. The van der Waals surface area contributed by atoms with E-state index in [4.69, 9.17) is 5.73 Å². The molecule has 1 heterocycles. The maximum absolute atomic E-state index is 12.1. The second kappa shape index (κ2) is 8.08. The van der Waals surface area contributed by atoms with Crippen LogP contribution >= 0.6 is 12.4 Å². The van der Waals surface area contributed by atoms with Gasteiger partial charge < -0.3 is 11.1 Å². The first-order valence-electron chi connectivity index (χ1n) is 7.36. The summed E-state index contributed by atoms with van der Waals surface area (Å²) < 4.78 is 0. The predicted molar refractivity (Wildman–Crippen MR) is 88.8 cm³/mol. The summed E-state index contributed by atoms with van der Waals surface area (Å²) in [7, 11) is 0. The normalized spacial score (nSPS) is 18.8. The Morgan fingerprint density at radius 1 is 1.30 bits per heavy atom. The van der Waals surface area contributed by atoms with Gasteiger partial charge in [0, 0.05) is 18.5 Å². The molecule has 0 bridgehead atoms. The molecule has 3 N–H and O–H groups in total. The highest BCUT2D eigenvalue weighted by atomic mass is 35.5. The van der Waals surface area contributed by atoms with Gasteiger partial charge in [0.05, 0.1) is 6.42 Å². The number of hydrogen-bond acceptors (Lipinski definition) is 4. The molecule has 2 unspecified atom stereocenters. The SMILES string of the molecule is CC(C)N1C(=O)CC(NC(=O)CC(N)c2ccccc2)C1=O.Cl. The summed E-state index contributed by atoms with van der Waals surface area (Å²) in [5.74, 6) is -0.924. The number of imide groups is 1. The van der Waals surface area contributed by atoms with E-state index in [1.165, 1.54) is 4.90 Å². The molecule has 0 aromatic heterocycles. The summed E-state index contributed by atoms with van der Waals surface area (Å²) >= 11 is 0. The number of nitrogens with zero attached hydrogens (tertiary/aromatic N) is 1. The van der Waals surface area contributed by atoms with Gasteiger partial charge in [0.15, 0.2) is 0 Å². The average Bonchev–Trinajstić information content (AvgIpc) is 2.74. The van der Waals surface area contributed by atoms with Crippen molar-refractivity contribution in [2.24, 2.45) is 5.73 Å². The fraction of sp³-hybridized carbons (Fsp3) is 0.438. The van der Waals surface area contributed by atoms with Crippen molar-refractivity contribution in [1.29, 1.82) is 0 Å². The van der Waals surface area contributed by atoms with Crippen LogP contribution in [0.15, 0.2) is 30.3 Å². The zero-order valence-corrected chi connectivity index (χ0v) is 14.0. The van der Waals surface area contributed by atoms with Crippen LogP contribution in [0.3, 0.4) is 0 Å². The molecule has 1 aliphatic heterocycles. The second-order valence-corrected chi connectivity index (χ2v) is 5.74. The molecule has 126 valence electrons. The first-order valence-corrected chi connectivity index (χ1v) is 7.36. The van der Waals surface area contributed by atoms with Crippen molar-refractivity contribution < 1.29 is 14.4 Å². The van der Waals surface area contributed by atoms with Crippen LogP contribution in [0.2, 0.25) is 0 Å². The standard InChI is InChI=1S/C16H21N3O3.ClH/c1-10(2)19-15(21)9-13(16(19)22)18-14(20)8-12(17)11-6-4-3-5-7-11;/h3-7,10,12-13H,8-9,17H2,1-2H3,(H,18,20);1H. The molecular weight excluding hydrogens is 318 g/mol. The molecule has 0 aliphatic carbocycles. The number of carbonyl (C=O) groups is 3. The van der Waals surface area contributed by atoms with E-state index in [0.717, 1.165) is 5.56 Å². The number of likely N-dealkylation sites (tertiary alicyclic amines) is 1. The van der Waals surface area contributed by atoms with Gasteiger partial charge in [-0.3, -0.25) is 19.3 Å². The molecule has 3 amide bonds. The summed E-state index contributed by atoms with van der Waals surface area (Å²) in [6, 6.07) is 7.87. The van der Waals surface area contributed by atoms with Crippen molar-refractivity contribution in [3.63, 3.8) is 0 Å². The number of halogens is 1. The third-order valence-electron chi connectivity index (χ3n) is 3.67. The molecule has 23 heavy (non-hydrogen) atoms. The molecule has 1 aromatic rings. The molecule has 0 radical (unpaired) electrons. The fourth-order valence-corrected chi connectivity index (χ4v) is 2.58. The van der Waals surface area contributed by atoms with Crippen LogP contribution < -0.4 is 11.1 Å². The van der Waals surface area contributed by atoms with Gasteiger partial charge in [-0.05, 0) is 19.4 Å². The first kappa shape index (κ1) is 19.1. The van der Waals surface area contributed by atoms with Crippen LogP contribution in [0.5, 0.6) is 0 Å². The summed E-state index contributed by atoms with van der Waals surface area (Å²) in [6.07, 6.45) is 0.0903. The third-order valence-corrected chi connectivity index (χ3v) is 3.67. The van der Waals surface area contributed by atoms with Crippen LogP contribution in [-0.4, -0.2) is 34.7 Å². The summed E-state index contributed by atoms with van der Waals surface area (Å²) in [5.41, 5.74) is 6.84. The molecule has 1 aliphatic rings. The molecule has 0 saturated carbocycles. The second-order valence-electron chi connectivity index (χ2n) is 5.74. The minimum absolute atomic E-state index is 0. The van der Waals surface area contributed by atoms with Crippen molar-refractivity contribution in [3.8, 4) is 0 Å². The van der Waals surface area contributed by atoms with Crippen molar-refractivity contribution in [2.75, 3.05) is 0 Å². The van der Waals surface area contributed by atoms with Crippen molar-refractivity contribution in [2.45, 2.75) is 44.8 Å². The zero-order chi connectivity index (χ0) is 16.3. The van der Waals surface area contributed by atoms with Crippen LogP contribution in [-0.2, 0) is 14.4 Å². The molecule has 2 atom stereocenters. The van der Waals surface area contributed by atoms with Crippen LogP contribution in [0.4, 0.5) is 0 Å². The van der Waals surface area contributed by atoms with E-state index in [1.807, 2.05) is 30.3 Å². The highest BCUT2D eigenvalue weighted by Crippen LogP contribution is 2.17. The van der Waals surface area contributed by atoms with Crippen LogP contribution in [0.25, 0.3) is 0 Å². The van der Waals surface area contributed by atoms with E-state index in [1.54, 1.807) is 13.8 Å². The van der Waals surface area contributed by atoms with Gasteiger partial charge in [-0.25, -0.2) is 0 Å². The van der Waals surface area contributed by atoms with Crippen LogP contribution in [0, 0.1) is 0 Å². The minimum atomic E-state index is -0.773. The van der Waals surface area contributed by atoms with E-state index in [2.05, 4.69) is 5.32 Å². The number of nitrogens with two attached hydrogens (primary N) is 1. The Morgan fingerprint density at radius 3 is 2.43 bits per heavy atom. The van der Waals surface area contributed by atoms with E-state index < -0.39 is 12.1 Å². The number of rotatable bonds is 5. The van der Waals surface area contributed by atoms with E-state index in [-0.39, 0.29) is 49.0 Å². The number of benzene rings is 1. The lowest BCUT2D eigenvalue weighted by Gasteiger charge is -2.19. The first-order chi connectivity index (χ1) is 10.4. The molecule has 1 aromatic carbocycles. The van der Waals surface area contributed by atoms with E-state index >= 15 is 0 Å². The van der Waals surface area contributed by atoms with Gasteiger partial charge in [-0.15, -0.1) is 12.4 Å². The fourth-order valence-electron chi connectivity index (χ4n) is 2.58. The van der Waals surface area contributed by atoms with Gasteiger partial charge in [-0.2, -0.15) is 0 Å². The molecule has 1 saturated heterocycles. The molecule has 2 rings (SSSR count). The Bertz CT molecular complexity index is 577. The van der Waals surface area contributed by atoms with Gasteiger partial charge in [0.25, 0.3) is 5.91 Å². The summed E-state index contributed by atoms with van der Waals surface area (Å²) in [6.45, 7) is 3.54. The quantitative estimate of drug-likeness (QED) is 0.787. The largest absolute Gasteiger partial charge is 0.344 e. The maximum Gasteiger partial charge on any atom is 0.252 e. The lowest BCUT2D eigenvalue weighted by Crippen LogP contribution is -2.44. The summed E-state index contributed by atoms with van der Waals surface area (Å²) in [5, 5.41) is 2.61. The Labute approximate surface area is 141 Å².